The average molecular weight is 249 g/mol. The van der Waals surface area contributed by atoms with Crippen LogP contribution in [0.25, 0.3) is 0 Å². The van der Waals surface area contributed by atoms with E-state index in [0.29, 0.717) is 0 Å². The topological polar surface area (TPSA) is 51.6 Å². The molecule has 0 saturated carbocycles. The number of nitrogens with zero attached hydrogens (tertiary/aromatic N) is 1. The van der Waals surface area contributed by atoms with Gasteiger partial charge in [-0.3, -0.25) is 4.98 Å². The Morgan fingerprint density at radius 3 is 2.22 bits per heavy atom. The molecular formula is C13H20BNO3. The van der Waals surface area contributed by atoms with Gasteiger partial charge >= 0.3 is 7.12 Å². The Morgan fingerprint density at radius 1 is 1.17 bits per heavy atom. The van der Waals surface area contributed by atoms with Crippen LogP contribution in [0.3, 0.4) is 0 Å². The summed E-state index contributed by atoms with van der Waals surface area (Å²) >= 11 is 0. The van der Waals surface area contributed by atoms with Crippen molar-refractivity contribution in [1.29, 1.82) is 0 Å². The molecule has 98 valence electrons. The van der Waals surface area contributed by atoms with Crippen molar-refractivity contribution in [2.24, 2.45) is 0 Å². The van der Waals surface area contributed by atoms with Gasteiger partial charge in [0.15, 0.2) is 0 Å². The molecule has 1 N–H and O–H groups in total. The maximum absolute atomic E-state index is 9.27. The highest BCUT2D eigenvalue weighted by Crippen LogP contribution is 2.36. The Balaban J connectivity index is 2.35. The Morgan fingerprint density at radius 2 is 1.72 bits per heavy atom. The summed E-state index contributed by atoms with van der Waals surface area (Å²) in [4.78, 5) is 4.14. The van der Waals surface area contributed by atoms with Gasteiger partial charge in [0.2, 0.25) is 0 Å². The van der Waals surface area contributed by atoms with Gasteiger partial charge in [-0.15, -0.1) is 0 Å². The predicted octanol–water partition coefficient (Wildman–Crippen LogP) is 1.18. The van der Waals surface area contributed by atoms with E-state index < -0.39 is 7.12 Å². The van der Waals surface area contributed by atoms with Crippen molar-refractivity contribution in [3.8, 4) is 0 Å². The second-order valence-corrected chi connectivity index (χ2v) is 5.76. The van der Waals surface area contributed by atoms with Crippen LogP contribution in [-0.2, 0) is 15.9 Å². The lowest BCUT2D eigenvalue weighted by Gasteiger charge is -2.32. The van der Waals surface area contributed by atoms with Crippen molar-refractivity contribution >= 4 is 12.6 Å². The molecule has 2 heterocycles. The zero-order valence-electron chi connectivity index (χ0n) is 11.7. The highest BCUT2D eigenvalue weighted by molar-refractivity contribution is 6.62. The van der Waals surface area contributed by atoms with E-state index in [4.69, 9.17) is 9.31 Å². The molecule has 5 heteroatoms. The average Bonchev–Trinajstić information content (AvgIpc) is 2.48. The molecule has 1 aromatic heterocycles. The molecule has 0 atom stereocenters. The Bertz CT molecular complexity index is 444. The van der Waals surface area contributed by atoms with Gasteiger partial charge in [0.05, 0.1) is 17.8 Å². The molecule has 1 aliphatic heterocycles. The molecular weight excluding hydrogens is 229 g/mol. The van der Waals surface area contributed by atoms with Gasteiger partial charge in [0.1, 0.15) is 0 Å². The fourth-order valence-corrected chi connectivity index (χ4v) is 1.95. The first-order valence-corrected chi connectivity index (χ1v) is 6.18. The number of rotatable bonds is 2. The number of aromatic nitrogens is 1. The molecule has 0 radical (unpaired) electrons. The predicted molar refractivity (Wildman–Crippen MR) is 70.6 cm³/mol. The molecule has 0 amide bonds. The summed E-state index contributed by atoms with van der Waals surface area (Å²) < 4.78 is 12.0. The first-order valence-electron chi connectivity index (χ1n) is 6.18. The molecule has 1 saturated heterocycles. The third-order valence-corrected chi connectivity index (χ3v) is 4.04. The molecule has 1 aromatic rings. The zero-order chi connectivity index (χ0) is 13.6. The van der Waals surface area contributed by atoms with E-state index in [1.54, 1.807) is 12.4 Å². The van der Waals surface area contributed by atoms with Crippen LogP contribution in [0.2, 0.25) is 0 Å². The molecule has 18 heavy (non-hydrogen) atoms. The van der Waals surface area contributed by atoms with Crippen molar-refractivity contribution in [3.63, 3.8) is 0 Å². The quantitative estimate of drug-likeness (QED) is 0.799. The third-order valence-electron chi connectivity index (χ3n) is 4.04. The minimum Gasteiger partial charge on any atom is -0.399 e. The highest BCUT2D eigenvalue weighted by atomic mass is 16.7. The molecule has 4 nitrogen and oxygen atoms in total. The summed E-state index contributed by atoms with van der Waals surface area (Å²) in [6, 6.07) is 0. The lowest BCUT2D eigenvalue weighted by atomic mass is 9.76. The molecule has 0 spiro atoms. The number of aliphatic hydroxyl groups excluding tert-OH is 1. The number of pyridine rings is 1. The summed E-state index contributed by atoms with van der Waals surface area (Å²) in [6.45, 7) is 10.0. The standard InChI is InChI=1S/C13H20BNO3/c1-9-10(8-16)6-15-7-11(9)14-17-12(2,3)13(4,5)18-14/h6-7,16H,8H2,1-5H3. The van der Waals surface area contributed by atoms with Crippen LogP contribution in [-0.4, -0.2) is 28.4 Å². The van der Waals surface area contributed by atoms with E-state index >= 15 is 0 Å². The summed E-state index contributed by atoms with van der Waals surface area (Å²) in [5.41, 5.74) is 1.95. The maximum atomic E-state index is 9.27. The van der Waals surface area contributed by atoms with E-state index in [1.807, 2.05) is 34.6 Å². The van der Waals surface area contributed by atoms with E-state index in [1.165, 1.54) is 0 Å². The van der Waals surface area contributed by atoms with Crippen LogP contribution in [0.4, 0.5) is 0 Å². The van der Waals surface area contributed by atoms with Gasteiger partial charge in [0, 0.05) is 17.9 Å². The number of aliphatic hydroxyl groups is 1. The van der Waals surface area contributed by atoms with Gasteiger partial charge in [-0.05, 0) is 45.7 Å². The molecule has 0 unspecified atom stereocenters. The van der Waals surface area contributed by atoms with Gasteiger partial charge in [0.25, 0.3) is 0 Å². The molecule has 2 rings (SSSR count). The summed E-state index contributed by atoms with van der Waals surface area (Å²) in [5, 5.41) is 9.27. The van der Waals surface area contributed by atoms with Crippen molar-refractivity contribution in [2.75, 3.05) is 0 Å². The molecule has 1 fully saturated rings. The normalized spacial score (nSPS) is 21.3. The largest absolute Gasteiger partial charge is 0.496 e. The van der Waals surface area contributed by atoms with Crippen molar-refractivity contribution in [3.05, 3.63) is 23.5 Å². The molecule has 0 aliphatic carbocycles. The van der Waals surface area contributed by atoms with Crippen LogP contribution in [0.15, 0.2) is 12.4 Å². The number of hydrogen-bond donors (Lipinski definition) is 1. The number of hydrogen-bond acceptors (Lipinski definition) is 4. The van der Waals surface area contributed by atoms with E-state index in [9.17, 15) is 5.11 Å². The second kappa shape index (κ2) is 4.33. The van der Waals surface area contributed by atoms with Crippen LogP contribution in [0, 0.1) is 6.92 Å². The van der Waals surface area contributed by atoms with Gasteiger partial charge < -0.3 is 14.4 Å². The summed E-state index contributed by atoms with van der Waals surface area (Å²) in [5.74, 6) is 0. The fourth-order valence-electron chi connectivity index (χ4n) is 1.95. The van der Waals surface area contributed by atoms with Crippen LogP contribution >= 0.6 is 0 Å². The molecule has 1 aliphatic rings. The van der Waals surface area contributed by atoms with E-state index in [2.05, 4.69) is 4.98 Å². The minimum atomic E-state index is -0.422. The first kappa shape index (κ1) is 13.5. The van der Waals surface area contributed by atoms with Crippen LogP contribution in [0.1, 0.15) is 38.8 Å². The van der Waals surface area contributed by atoms with Crippen LogP contribution in [0.5, 0.6) is 0 Å². The second-order valence-electron chi connectivity index (χ2n) is 5.76. The Labute approximate surface area is 108 Å². The summed E-state index contributed by atoms with van der Waals surface area (Å²) in [6.07, 6.45) is 3.42. The Kier molecular flexibility index (Phi) is 3.26. The van der Waals surface area contributed by atoms with Crippen LogP contribution < -0.4 is 5.46 Å². The first-order chi connectivity index (χ1) is 8.28. The van der Waals surface area contributed by atoms with E-state index in [0.717, 1.165) is 16.6 Å². The highest BCUT2D eigenvalue weighted by Gasteiger charge is 2.52. The lowest BCUT2D eigenvalue weighted by molar-refractivity contribution is 0.00578. The minimum absolute atomic E-state index is 0.0216. The monoisotopic (exact) mass is 249 g/mol. The zero-order valence-corrected chi connectivity index (χ0v) is 11.7. The van der Waals surface area contributed by atoms with Gasteiger partial charge in [-0.1, -0.05) is 0 Å². The maximum Gasteiger partial charge on any atom is 0.496 e. The Hall–Kier alpha value is -0.905. The van der Waals surface area contributed by atoms with Gasteiger partial charge in [-0.2, -0.15) is 0 Å². The van der Waals surface area contributed by atoms with Crippen molar-refractivity contribution in [2.45, 2.75) is 52.4 Å². The molecule has 0 bridgehead atoms. The lowest BCUT2D eigenvalue weighted by Crippen LogP contribution is -2.41. The molecule has 0 aromatic carbocycles. The fraction of sp³-hybridized carbons (Fsp3) is 0.615. The smallest absolute Gasteiger partial charge is 0.399 e. The van der Waals surface area contributed by atoms with Crippen molar-refractivity contribution in [1.82, 2.24) is 4.98 Å². The van der Waals surface area contributed by atoms with E-state index in [-0.39, 0.29) is 17.8 Å². The summed E-state index contributed by atoms with van der Waals surface area (Å²) in [7, 11) is -0.422. The SMILES string of the molecule is Cc1c(CO)cncc1B1OC(C)(C)C(C)(C)O1. The van der Waals surface area contributed by atoms with Crippen molar-refractivity contribution < 1.29 is 14.4 Å². The van der Waals surface area contributed by atoms with Gasteiger partial charge in [-0.25, -0.2) is 0 Å². The third kappa shape index (κ3) is 2.07.